The Morgan fingerprint density at radius 2 is 1.97 bits per heavy atom. The van der Waals surface area contributed by atoms with Gasteiger partial charge in [0.15, 0.2) is 0 Å². The van der Waals surface area contributed by atoms with Gasteiger partial charge >= 0.3 is 0 Å². The second-order valence-corrected chi connectivity index (χ2v) is 7.14. The summed E-state index contributed by atoms with van der Waals surface area (Å²) in [4.78, 5) is 32.1. The molecule has 0 aliphatic carbocycles. The molecule has 0 N–H and O–H groups in total. The highest BCUT2D eigenvalue weighted by molar-refractivity contribution is 6.30. The molecule has 0 saturated heterocycles. The standard InChI is InChI=1S/C21H20Cl2FN3O2/c1-3-18(26(4-2)19(28)12-22)20-25-17-8-6-5-7-14(17)21(29)27(20)13-9-10-16(24)15(23)11-13/h5-11,18H,3-4,12H2,1-2H3. The number of aromatic nitrogens is 2. The largest absolute Gasteiger partial charge is 0.332 e. The lowest BCUT2D eigenvalue weighted by molar-refractivity contribution is -0.131. The number of benzene rings is 2. The van der Waals surface area contributed by atoms with Gasteiger partial charge in [-0.15, -0.1) is 11.6 Å². The highest BCUT2D eigenvalue weighted by Crippen LogP contribution is 2.27. The van der Waals surface area contributed by atoms with E-state index in [1.54, 1.807) is 29.2 Å². The van der Waals surface area contributed by atoms with E-state index >= 15 is 0 Å². The predicted molar refractivity (Wildman–Crippen MR) is 113 cm³/mol. The molecule has 0 radical (unpaired) electrons. The van der Waals surface area contributed by atoms with Crippen molar-refractivity contribution in [3.8, 4) is 5.69 Å². The van der Waals surface area contributed by atoms with Crippen LogP contribution in [0.5, 0.6) is 0 Å². The molecule has 0 bridgehead atoms. The molecule has 1 aromatic heterocycles. The maximum Gasteiger partial charge on any atom is 0.266 e. The molecule has 0 saturated carbocycles. The normalized spacial score (nSPS) is 12.2. The zero-order chi connectivity index (χ0) is 21.1. The average Bonchev–Trinajstić information content (AvgIpc) is 2.73. The molecule has 1 atom stereocenters. The Hall–Kier alpha value is -2.44. The molecule has 8 heteroatoms. The van der Waals surface area contributed by atoms with Crippen LogP contribution in [-0.2, 0) is 4.79 Å². The first-order chi connectivity index (χ1) is 13.9. The van der Waals surface area contributed by atoms with E-state index < -0.39 is 11.9 Å². The van der Waals surface area contributed by atoms with Gasteiger partial charge in [-0.2, -0.15) is 0 Å². The van der Waals surface area contributed by atoms with Gasteiger partial charge < -0.3 is 4.90 Å². The predicted octanol–water partition coefficient (Wildman–Crippen LogP) is 4.72. The molecule has 1 amide bonds. The number of alkyl halides is 1. The van der Waals surface area contributed by atoms with Crippen molar-refractivity contribution in [3.63, 3.8) is 0 Å². The van der Waals surface area contributed by atoms with Crippen LogP contribution >= 0.6 is 23.2 Å². The molecule has 3 rings (SSSR count). The Bertz CT molecular complexity index is 1120. The van der Waals surface area contributed by atoms with Crippen molar-refractivity contribution in [2.24, 2.45) is 0 Å². The molecular formula is C21H20Cl2FN3O2. The number of hydrogen-bond donors (Lipinski definition) is 0. The molecule has 2 aromatic carbocycles. The lowest BCUT2D eigenvalue weighted by atomic mass is 10.1. The van der Waals surface area contributed by atoms with Crippen LogP contribution < -0.4 is 5.56 Å². The van der Waals surface area contributed by atoms with Gasteiger partial charge in [0.2, 0.25) is 5.91 Å². The number of nitrogens with zero attached hydrogens (tertiary/aromatic N) is 3. The van der Waals surface area contributed by atoms with E-state index in [0.717, 1.165) is 0 Å². The Balaban J connectivity index is 2.36. The molecule has 0 fully saturated rings. The summed E-state index contributed by atoms with van der Waals surface area (Å²) >= 11 is 11.8. The summed E-state index contributed by atoms with van der Waals surface area (Å²) in [7, 11) is 0. The first kappa shape index (κ1) is 21.3. The van der Waals surface area contributed by atoms with Crippen molar-refractivity contribution in [3.05, 3.63) is 69.5 Å². The van der Waals surface area contributed by atoms with Crippen molar-refractivity contribution in [1.82, 2.24) is 14.5 Å². The van der Waals surface area contributed by atoms with Crippen LogP contribution in [-0.4, -0.2) is 32.8 Å². The Kier molecular flexibility index (Phi) is 6.55. The summed E-state index contributed by atoms with van der Waals surface area (Å²) < 4.78 is 15.1. The van der Waals surface area contributed by atoms with Crippen LogP contribution in [0.15, 0.2) is 47.3 Å². The van der Waals surface area contributed by atoms with Gasteiger partial charge in [0, 0.05) is 6.54 Å². The molecule has 0 aliphatic heterocycles. The highest BCUT2D eigenvalue weighted by atomic mass is 35.5. The molecule has 3 aromatic rings. The minimum absolute atomic E-state index is 0.106. The SMILES string of the molecule is CCC(c1nc2ccccc2c(=O)n1-c1ccc(F)c(Cl)c1)N(CC)C(=O)CCl. The Morgan fingerprint density at radius 1 is 1.24 bits per heavy atom. The quantitative estimate of drug-likeness (QED) is 0.526. The van der Waals surface area contributed by atoms with Gasteiger partial charge in [0.1, 0.15) is 17.5 Å². The fourth-order valence-corrected chi connectivity index (χ4v) is 3.77. The van der Waals surface area contributed by atoms with Crippen LogP contribution in [0.25, 0.3) is 16.6 Å². The second-order valence-electron chi connectivity index (χ2n) is 6.46. The van der Waals surface area contributed by atoms with Crippen molar-refractivity contribution >= 4 is 40.0 Å². The topological polar surface area (TPSA) is 55.2 Å². The maximum atomic E-state index is 13.7. The van der Waals surface area contributed by atoms with E-state index in [0.29, 0.717) is 35.4 Å². The molecule has 1 unspecified atom stereocenters. The van der Waals surface area contributed by atoms with Crippen molar-refractivity contribution < 1.29 is 9.18 Å². The number of amides is 1. The van der Waals surface area contributed by atoms with E-state index in [-0.39, 0.29) is 22.4 Å². The van der Waals surface area contributed by atoms with Crippen molar-refractivity contribution in [1.29, 1.82) is 0 Å². The highest BCUT2D eigenvalue weighted by Gasteiger charge is 2.27. The molecule has 0 aliphatic rings. The van der Waals surface area contributed by atoms with Gasteiger partial charge in [-0.25, -0.2) is 9.37 Å². The van der Waals surface area contributed by atoms with Gasteiger partial charge in [-0.05, 0) is 43.7 Å². The number of hydrogen-bond acceptors (Lipinski definition) is 3. The Labute approximate surface area is 177 Å². The minimum Gasteiger partial charge on any atom is -0.332 e. The Morgan fingerprint density at radius 3 is 2.59 bits per heavy atom. The fraction of sp³-hybridized carbons (Fsp3) is 0.286. The lowest BCUT2D eigenvalue weighted by Crippen LogP contribution is -2.39. The summed E-state index contributed by atoms with van der Waals surface area (Å²) in [6, 6.07) is 10.5. The van der Waals surface area contributed by atoms with Crippen molar-refractivity contribution in [2.45, 2.75) is 26.3 Å². The van der Waals surface area contributed by atoms with Crippen molar-refractivity contribution in [2.75, 3.05) is 12.4 Å². The van der Waals surface area contributed by atoms with Crippen LogP contribution in [0.1, 0.15) is 32.1 Å². The third-order valence-corrected chi connectivity index (χ3v) is 5.32. The van der Waals surface area contributed by atoms with E-state index in [4.69, 9.17) is 28.2 Å². The first-order valence-corrected chi connectivity index (χ1v) is 10.2. The van der Waals surface area contributed by atoms with E-state index in [1.165, 1.54) is 22.8 Å². The van der Waals surface area contributed by atoms with Crippen LogP contribution in [0.4, 0.5) is 4.39 Å². The molecule has 152 valence electrons. The summed E-state index contributed by atoms with van der Waals surface area (Å²) in [5, 5.41) is 0.309. The average molecular weight is 436 g/mol. The van der Waals surface area contributed by atoms with Crippen LogP contribution in [0.3, 0.4) is 0 Å². The first-order valence-electron chi connectivity index (χ1n) is 9.25. The van der Waals surface area contributed by atoms with Crippen LogP contribution in [0, 0.1) is 5.82 Å². The zero-order valence-corrected chi connectivity index (χ0v) is 17.5. The molecule has 5 nitrogen and oxygen atoms in total. The van der Waals surface area contributed by atoms with Gasteiger partial charge in [0.05, 0.1) is 27.7 Å². The lowest BCUT2D eigenvalue weighted by Gasteiger charge is -2.31. The minimum atomic E-state index is -0.585. The van der Waals surface area contributed by atoms with E-state index in [1.807, 2.05) is 13.8 Å². The third-order valence-electron chi connectivity index (χ3n) is 4.80. The van der Waals surface area contributed by atoms with Gasteiger partial charge in [0.25, 0.3) is 5.56 Å². The number of rotatable bonds is 6. The number of fused-ring (bicyclic) bond motifs is 1. The van der Waals surface area contributed by atoms with Crippen LogP contribution in [0.2, 0.25) is 5.02 Å². The number of carbonyl (C=O) groups excluding carboxylic acids is 1. The van der Waals surface area contributed by atoms with E-state index in [9.17, 15) is 14.0 Å². The maximum absolute atomic E-state index is 13.7. The fourth-order valence-electron chi connectivity index (χ4n) is 3.44. The third kappa shape index (κ3) is 4.00. The number of halogens is 3. The second kappa shape index (κ2) is 8.93. The van der Waals surface area contributed by atoms with Gasteiger partial charge in [-0.3, -0.25) is 14.2 Å². The molecule has 29 heavy (non-hydrogen) atoms. The van der Waals surface area contributed by atoms with E-state index in [2.05, 4.69) is 0 Å². The molecular weight excluding hydrogens is 416 g/mol. The molecule has 0 spiro atoms. The number of carbonyl (C=O) groups is 1. The van der Waals surface area contributed by atoms with Gasteiger partial charge in [-0.1, -0.05) is 30.7 Å². The molecule has 1 heterocycles. The summed E-state index contributed by atoms with van der Waals surface area (Å²) in [5.41, 5.74) is 0.577. The summed E-state index contributed by atoms with van der Waals surface area (Å²) in [5.74, 6) is -0.644. The summed E-state index contributed by atoms with van der Waals surface area (Å²) in [6.45, 7) is 4.14. The zero-order valence-electron chi connectivity index (χ0n) is 16.0. The smallest absolute Gasteiger partial charge is 0.266 e. The summed E-state index contributed by atoms with van der Waals surface area (Å²) in [6.07, 6.45) is 0.510. The number of para-hydroxylation sites is 1. The monoisotopic (exact) mass is 435 g/mol.